The van der Waals surface area contributed by atoms with Gasteiger partial charge in [0.2, 0.25) is 23.6 Å². The second-order valence-corrected chi connectivity index (χ2v) is 30.5. The molecule has 0 aromatic heterocycles. The number of nitrogens with one attached hydrogen (secondary N) is 5. The normalized spacial score (nSPS) is 12.8. The zero-order valence-corrected chi connectivity index (χ0v) is 66.5. The first-order chi connectivity index (χ1) is 50.8. The molecule has 107 heavy (non-hydrogen) atoms. The predicted molar refractivity (Wildman–Crippen MR) is 413 cm³/mol. The van der Waals surface area contributed by atoms with Crippen LogP contribution < -0.4 is 38.1 Å². The zero-order chi connectivity index (χ0) is 79.5. The van der Waals surface area contributed by atoms with Crippen molar-refractivity contribution in [1.29, 1.82) is 0 Å². The molecule has 0 saturated heterocycles. The molecule has 3 rings (SSSR count). The molecule has 0 saturated carbocycles. The van der Waals surface area contributed by atoms with E-state index in [1.54, 1.807) is 90.1 Å². The molecule has 0 radical (unpaired) electrons. The molecule has 6 amide bonds. The summed E-state index contributed by atoms with van der Waals surface area (Å²) in [5, 5.41) is 14.0. The first-order valence-corrected chi connectivity index (χ1v) is 37.9. The molecule has 0 heterocycles. The number of amides is 6. The molecule has 2 unspecified atom stereocenters. The number of anilines is 2. The summed E-state index contributed by atoms with van der Waals surface area (Å²) in [6.07, 6.45) is 4.87. The molecule has 3 aromatic rings. The van der Waals surface area contributed by atoms with Gasteiger partial charge in [-0.3, -0.25) is 38.4 Å². The maximum Gasteiger partial charge on any atom is 0.312 e. The van der Waals surface area contributed by atoms with Crippen molar-refractivity contribution in [3.63, 3.8) is 0 Å². The number of carbonyl (C=O) groups is 9. The number of primary amides is 1. The van der Waals surface area contributed by atoms with Crippen LogP contribution in [0.4, 0.5) is 16.2 Å². The highest BCUT2D eigenvalue weighted by Crippen LogP contribution is 2.24. The molecule has 0 aliphatic carbocycles. The number of hydrogen-bond donors (Lipinski definition) is 7. The van der Waals surface area contributed by atoms with Crippen LogP contribution in [0.15, 0.2) is 78.9 Å². The van der Waals surface area contributed by atoms with E-state index in [1.165, 1.54) is 0 Å². The van der Waals surface area contributed by atoms with Gasteiger partial charge in [0, 0.05) is 68.7 Å². The summed E-state index contributed by atoms with van der Waals surface area (Å²) in [7, 11) is 0. The molecule has 26 nitrogen and oxygen atoms in total. The van der Waals surface area contributed by atoms with Gasteiger partial charge in [0.25, 0.3) is 0 Å². The Morgan fingerprint density at radius 1 is 0.439 bits per heavy atom. The summed E-state index contributed by atoms with van der Waals surface area (Å²) in [6, 6.07) is 21.1. The Hall–Kier alpha value is -7.27. The highest BCUT2D eigenvalue weighted by atomic mass is 16.6. The van der Waals surface area contributed by atoms with Crippen LogP contribution in [0, 0.1) is 39.9 Å². The van der Waals surface area contributed by atoms with Crippen LogP contribution >= 0.6 is 0 Å². The fraction of sp³-hybridized carbons (Fsp3) is 0.667. The third kappa shape index (κ3) is 48.7. The highest BCUT2D eigenvalue weighted by Gasteiger charge is 2.32. The number of nitrogens with two attached hydrogens (primary N) is 2. The Morgan fingerprint density at radius 3 is 1.24 bits per heavy atom. The number of esters is 2. The summed E-state index contributed by atoms with van der Waals surface area (Å²) < 4.78 is 55.0. The van der Waals surface area contributed by atoms with Crippen molar-refractivity contribution >= 4 is 64.5 Å². The van der Waals surface area contributed by atoms with Crippen LogP contribution in [0.3, 0.4) is 0 Å². The molecule has 0 aliphatic rings. The van der Waals surface area contributed by atoms with Crippen LogP contribution in [0.1, 0.15) is 177 Å². The van der Waals surface area contributed by atoms with Crippen molar-refractivity contribution in [3.8, 4) is 0 Å². The Bertz CT molecular complexity index is 2990. The van der Waals surface area contributed by atoms with Gasteiger partial charge in [-0.2, -0.15) is 0 Å². The monoisotopic (exact) mass is 1510 g/mol. The third-order valence-electron chi connectivity index (χ3n) is 16.4. The van der Waals surface area contributed by atoms with Crippen molar-refractivity contribution in [2.45, 2.75) is 192 Å². The lowest BCUT2D eigenvalue weighted by atomic mass is 9.89. The molecule has 3 aromatic carbocycles. The summed E-state index contributed by atoms with van der Waals surface area (Å²) in [6.45, 7) is 33.2. The topological polar surface area (TPSA) is 358 Å². The van der Waals surface area contributed by atoms with Crippen LogP contribution in [-0.4, -0.2) is 184 Å². The van der Waals surface area contributed by atoms with E-state index in [9.17, 15) is 43.2 Å². The molecule has 4 atom stereocenters. The van der Waals surface area contributed by atoms with Gasteiger partial charge in [0.05, 0.1) is 115 Å². The van der Waals surface area contributed by atoms with Gasteiger partial charge >= 0.3 is 18.0 Å². The Labute approximate surface area is 637 Å². The molecular weight excluding hydrogens is 1370 g/mol. The second kappa shape index (κ2) is 55.2. The number of carbonyl (C=O) groups excluding carboxylic acids is 9. The molecule has 0 aliphatic heterocycles. The quantitative estimate of drug-likeness (QED) is 0.0204. The Morgan fingerprint density at radius 2 is 0.841 bits per heavy atom. The number of ether oxygens (including phenoxy) is 10. The fourth-order valence-electron chi connectivity index (χ4n) is 9.87. The van der Waals surface area contributed by atoms with Gasteiger partial charge < -0.3 is 85.4 Å². The van der Waals surface area contributed by atoms with Crippen molar-refractivity contribution in [3.05, 3.63) is 95.6 Å². The minimum Gasteiger partial charge on any atom is -0.460 e. The van der Waals surface area contributed by atoms with Crippen LogP contribution in [-0.2, 0) is 105 Å². The van der Waals surface area contributed by atoms with Gasteiger partial charge in [0.1, 0.15) is 13.2 Å². The van der Waals surface area contributed by atoms with Crippen molar-refractivity contribution < 1.29 is 90.5 Å². The number of rotatable bonds is 56. The van der Waals surface area contributed by atoms with E-state index in [4.69, 9.17) is 58.8 Å². The van der Waals surface area contributed by atoms with Gasteiger partial charge in [-0.05, 0) is 151 Å². The van der Waals surface area contributed by atoms with Gasteiger partial charge in [-0.25, -0.2) is 4.79 Å². The Balaban J connectivity index is 0.000000728. The SMILES string of the molecule is CC(C)(C)CCOCCOCCOCCOCCC(=O)N[C@@H](Cc1ccccc1)C(=O)CC(CCCCN)C(=O)Nc1ccc(COC(=O)C(C)(C)C)cc1.CC(C)CCOCCOCCOCCOCCC(=O)N[C@@H](C(=O)CC(CCCNC(N)=O)C(=O)Nc1ccc(COC(=O)C(C)(C)C)cc1)C(C)C. The first kappa shape index (κ1) is 95.8. The van der Waals surface area contributed by atoms with E-state index in [0.717, 1.165) is 49.2 Å². The molecular formula is C81H131N7O19. The predicted octanol–water partition coefficient (Wildman–Crippen LogP) is 10.4. The van der Waals surface area contributed by atoms with E-state index >= 15 is 0 Å². The number of benzene rings is 3. The van der Waals surface area contributed by atoms with E-state index in [2.05, 4.69) is 61.2 Å². The third-order valence-corrected chi connectivity index (χ3v) is 16.4. The number of urea groups is 1. The molecule has 604 valence electrons. The summed E-state index contributed by atoms with van der Waals surface area (Å²) in [4.78, 5) is 115. The highest BCUT2D eigenvalue weighted by molar-refractivity contribution is 5.98. The van der Waals surface area contributed by atoms with Crippen LogP contribution in [0.5, 0.6) is 0 Å². The second-order valence-electron chi connectivity index (χ2n) is 30.5. The van der Waals surface area contributed by atoms with E-state index in [-0.39, 0.29) is 117 Å². The molecule has 0 bridgehead atoms. The standard InChI is InChI=1S/C43H67N3O9.C38H64N4O10/c1-42(2,3)20-23-52-25-27-54-29-28-53-26-24-51-22-19-39(48)46-37(30-33-12-8-7-9-13-33)38(47)31-35(14-10-11-21-44)40(49)45-36-17-15-34(16-18-36)32-55-41(50)43(4,5)6;1-27(2)14-17-48-19-21-50-23-24-51-22-20-49-18-15-33(44)42-34(28(3)4)32(43)25-30(9-8-16-40-37(39)47)35(45)41-31-12-10-29(11-13-31)26-52-36(46)38(5,6)7/h7-9,12-13,15-18,35,37H,10-11,14,19-32,44H2,1-6H3,(H,45,49)(H,46,48);10-13,27-28,30,34H,8-9,14-26H2,1-7H3,(H,41,45)(H,42,44)(H3,39,40,47)/t35?,37-;30?,34-/m01/s1. The number of unbranched alkanes of at least 4 members (excludes halogenated alkanes) is 1. The number of hydrogen-bond acceptors (Lipinski definition) is 20. The smallest absolute Gasteiger partial charge is 0.312 e. The first-order valence-electron chi connectivity index (χ1n) is 37.9. The average molecular weight is 1510 g/mol. The van der Waals surface area contributed by atoms with E-state index in [0.29, 0.717) is 135 Å². The van der Waals surface area contributed by atoms with E-state index in [1.807, 2.05) is 44.2 Å². The Kier molecular flexibility index (Phi) is 49.4. The van der Waals surface area contributed by atoms with Crippen LogP contribution in [0.2, 0.25) is 0 Å². The zero-order valence-electron chi connectivity index (χ0n) is 66.5. The average Bonchev–Trinajstić information content (AvgIpc) is 0.872. The minimum atomic E-state index is -0.818. The van der Waals surface area contributed by atoms with Crippen molar-refractivity contribution in [2.24, 2.45) is 51.4 Å². The van der Waals surface area contributed by atoms with Crippen molar-refractivity contribution in [1.82, 2.24) is 16.0 Å². The van der Waals surface area contributed by atoms with E-state index < -0.39 is 40.8 Å². The fourth-order valence-corrected chi connectivity index (χ4v) is 9.87. The number of ketones is 2. The summed E-state index contributed by atoms with van der Waals surface area (Å²) in [5.41, 5.74) is 13.4. The molecule has 0 fully saturated rings. The number of Topliss-reactive ketones (excluding diaryl/α,β-unsaturated/α-hetero) is 2. The summed E-state index contributed by atoms with van der Waals surface area (Å²) in [5.74, 6) is -3.39. The maximum atomic E-state index is 13.8. The lowest BCUT2D eigenvalue weighted by Crippen LogP contribution is -2.45. The van der Waals surface area contributed by atoms with Gasteiger partial charge in [-0.1, -0.05) is 109 Å². The molecule has 9 N–H and O–H groups in total. The molecule has 26 heteroatoms. The van der Waals surface area contributed by atoms with Crippen molar-refractivity contribution in [2.75, 3.05) is 129 Å². The minimum absolute atomic E-state index is 0.0448. The summed E-state index contributed by atoms with van der Waals surface area (Å²) >= 11 is 0. The molecule has 0 spiro atoms. The maximum absolute atomic E-state index is 13.8. The van der Waals surface area contributed by atoms with Gasteiger partial charge in [0.15, 0.2) is 11.6 Å². The lowest BCUT2D eigenvalue weighted by Gasteiger charge is -2.24. The lowest BCUT2D eigenvalue weighted by molar-refractivity contribution is -0.155. The van der Waals surface area contributed by atoms with Gasteiger partial charge in [-0.15, -0.1) is 0 Å². The largest absolute Gasteiger partial charge is 0.460 e. The van der Waals surface area contributed by atoms with Crippen LogP contribution in [0.25, 0.3) is 0 Å².